The minimum atomic E-state index is -4.45. The van der Waals surface area contributed by atoms with Gasteiger partial charge in [-0.3, -0.25) is 9.69 Å². The smallest absolute Gasteiger partial charge is 0.416 e. The maximum absolute atomic E-state index is 13.2. The summed E-state index contributed by atoms with van der Waals surface area (Å²) in [4.78, 5) is 14.0. The normalized spacial score (nSPS) is 16.6. The van der Waals surface area contributed by atoms with E-state index in [4.69, 9.17) is 9.47 Å². The third kappa shape index (κ3) is 5.22. The van der Waals surface area contributed by atoms with Gasteiger partial charge in [-0.25, -0.2) is 0 Å². The molecule has 1 amide bonds. The third-order valence-corrected chi connectivity index (χ3v) is 6.63. The van der Waals surface area contributed by atoms with Gasteiger partial charge in [0.15, 0.2) is 0 Å². The lowest BCUT2D eigenvalue weighted by atomic mass is 9.85. The third-order valence-electron chi connectivity index (χ3n) is 6.63. The molecule has 0 radical (unpaired) electrons. The molecule has 1 saturated heterocycles. The second-order valence-corrected chi connectivity index (χ2v) is 8.91. The SMILES string of the molecule is CNC(=O)C1CN(CC2=C(C)c3ccc(OCc4cc(OC)cc(C(F)(F)F)c4)cc3CC2)C1. The van der Waals surface area contributed by atoms with Gasteiger partial charge in [0.1, 0.15) is 18.1 Å². The van der Waals surface area contributed by atoms with Crippen LogP contribution in [0, 0.1) is 5.92 Å². The van der Waals surface area contributed by atoms with Crippen molar-refractivity contribution in [2.45, 2.75) is 32.5 Å². The van der Waals surface area contributed by atoms with Crippen LogP contribution in [0.3, 0.4) is 0 Å². The number of halogens is 3. The Labute approximate surface area is 197 Å². The summed E-state index contributed by atoms with van der Waals surface area (Å²) >= 11 is 0. The molecule has 0 spiro atoms. The van der Waals surface area contributed by atoms with Gasteiger partial charge in [-0.1, -0.05) is 11.6 Å². The predicted molar refractivity (Wildman–Crippen MR) is 124 cm³/mol. The maximum atomic E-state index is 13.2. The van der Waals surface area contributed by atoms with Gasteiger partial charge in [-0.15, -0.1) is 0 Å². The molecule has 2 aromatic carbocycles. The number of rotatable bonds is 7. The fourth-order valence-electron chi connectivity index (χ4n) is 4.62. The largest absolute Gasteiger partial charge is 0.497 e. The Hall–Kier alpha value is -3.00. The minimum absolute atomic E-state index is 0.0145. The molecule has 1 heterocycles. The first-order valence-electron chi connectivity index (χ1n) is 11.3. The summed E-state index contributed by atoms with van der Waals surface area (Å²) in [6.45, 7) is 4.58. The highest BCUT2D eigenvalue weighted by Gasteiger charge is 2.33. The highest BCUT2D eigenvalue weighted by molar-refractivity contribution is 5.79. The van der Waals surface area contributed by atoms with Gasteiger partial charge in [0, 0.05) is 26.7 Å². The van der Waals surface area contributed by atoms with Crippen LogP contribution in [-0.2, 0) is 24.0 Å². The number of benzene rings is 2. The number of nitrogens with zero attached hydrogens (tertiary/aromatic N) is 1. The Morgan fingerprint density at radius 3 is 2.56 bits per heavy atom. The van der Waals surface area contributed by atoms with Crippen LogP contribution in [0.4, 0.5) is 13.2 Å². The Bertz CT molecular complexity index is 1100. The molecule has 1 fully saturated rings. The number of carbonyl (C=O) groups is 1. The molecule has 1 aliphatic heterocycles. The molecular weight excluding hydrogens is 445 g/mol. The Morgan fingerprint density at radius 1 is 1.12 bits per heavy atom. The summed E-state index contributed by atoms with van der Waals surface area (Å²) in [5.74, 6) is 0.962. The fraction of sp³-hybridized carbons (Fsp3) is 0.423. The number of alkyl halides is 3. The molecule has 34 heavy (non-hydrogen) atoms. The van der Waals surface area contributed by atoms with E-state index in [2.05, 4.69) is 17.1 Å². The van der Waals surface area contributed by atoms with Crippen molar-refractivity contribution in [3.63, 3.8) is 0 Å². The van der Waals surface area contributed by atoms with Crippen LogP contribution >= 0.6 is 0 Å². The lowest BCUT2D eigenvalue weighted by molar-refractivity contribution is -0.137. The van der Waals surface area contributed by atoms with Gasteiger partial charge in [0.2, 0.25) is 5.91 Å². The first kappa shape index (κ1) is 24.1. The van der Waals surface area contributed by atoms with Crippen molar-refractivity contribution < 1.29 is 27.4 Å². The van der Waals surface area contributed by atoms with E-state index in [0.29, 0.717) is 11.3 Å². The van der Waals surface area contributed by atoms with Gasteiger partial charge in [-0.2, -0.15) is 13.2 Å². The zero-order valence-corrected chi connectivity index (χ0v) is 19.6. The number of ether oxygens (including phenoxy) is 2. The van der Waals surface area contributed by atoms with Crippen LogP contribution in [0.1, 0.15) is 35.6 Å². The molecule has 2 aromatic rings. The van der Waals surface area contributed by atoms with Gasteiger partial charge in [-0.05, 0) is 72.4 Å². The molecule has 0 unspecified atom stereocenters. The van der Waals surface area contributed by atoms with Crippen LogP contribution in [-0.4, -0.2) is 44.6 Å². The van der Waals surface area contributed by atoms with Crippen molar-refractivity contribution in [1.29, 1.82) is 0 Å². The average Bonchev–Trinajstić information content (AvgIpc) is 2.79. The molecule has 1 N–H and O–H groups in total. The van der Waals surface area contributed by atoms with Gasteiger partial charge >= 0.3 is 6.18 Å². The van der Waals surface area contributed by atoms with E-state index in [1.165, 1.54) is 29.4 Å². The van der Waals surface area contributed by atoms with Crippen molar-refractivity contribution in [1.82, 2.24) is 10.2 Å². The lowest BCUT2D eigenvalue weighted by Crippen LogP contribution is -2.53. The van der Waals surface area contributed by atoms with Crippen molar-refractivity contribution in [2.24, 2.45) is 5.92 Å². The number of methoxy groups -OCH3 is 1. The predicted octanol–water partition coefficient (Wildman–Crippen LogP) is 4.69. The Kier molecular flexibility index (Phi) is 6.89. The number of aryl methyl sites for hydroxylation is 1. The molecule has 0 saturated carbocycles. The number of hydrogen-bond acceptors (Lipinski definition) is 4. The number of hydrogen-bond donors (Lipinski definition) is 1. The molecule has 0 aromatic heterocycles. The van der Waals surface area contributed by atoms with Gasteiger partial charge in [0.05, 0.1) is 18.6 Å². The summed E-state index contributed by atoms with van der Waals surface area (Å²) in [6, 6.07) is 9.48. The lowest BCUT2D eigenvalue weighted by Gasteiger charge is -2.39. The van der Waals surface area contributed by atoms with Crippen molar-refractivity contribution >= 4 is 11.5 Å². The minimum Gasteiger partial charge on any atom is -0.497 e. The van der Waals surface area contributed by atoms with E-state index in [1.807, 2.05) is 18.2 Å². The second kappa shape index (κ2) is 9.70. The number of amides is 1. The topological polar surface area (TPSA) is 50.8 Å². The second-order valence-electron chi connectivity index (χ2n) is 8.91. The van der Waals surface area contributed by atoms with E-state index in [-0.39, 0.29) is 24.2 Å². The molecule has 5 nitrogen and oxygen atoms in total. The van der Waals surface area contributed by atoms with Crippen molar-refractivity contribution in [2.75, 3.05) is 33.8 Å². The number of allylic oxidation sites excluding steroid dienone is 1. The van der Waals surface area contributed by atoms with Crippen LogP contribution in [0.2, 0.25) is 0 Å². The van der Waals surface area contributed by atoms with E-state index in [1.54, 1.807) is 13.1 Å². The molecule has 8 heteroatoms. The van der Waals surface area contributed by atoms with E-state index in [9.17, 15) is 18.0 Å². The standard InChI is InChI=1S/C26H29F3N2O3/c1-16-19(12-31-13-20(14-31)25(32)30-2)5-4-18-10-22(6-7-24(16)18)34-15-17-8-21(26(27,28)29)11-23(9-17)33-3/h6-11,20H,4-5,12-15H2,1-3H3,(H,30,32). The molecule has 182 valence electrons. The summed E-state index contributed by atoms with van der Waals surface area (Å²) < 4.78 is 50.3. The summed E-state index contributed by atoms with van der Waals surface area (Å²) in [5, 5.41) is 2.71. The molecule has 1 aliphatic carbocycles. The van der Waals surface area contributed by atoms with E-state index >= 15 is 0 Å². The van der Waals surface area contributed by atoms with E-state index < -0.39 is 11.7 Å². The number of fused-ring (bicyclic) bond motifs is 1. The highest BCUT2D eigenvalue weighted by atomic mass is 19.4. The van der Waals surface area contributed by atoms with Crippen LogP contribution < -0.4 is 14.8 Å². The molecule has 0 atom stereocenters. The average molecular weight is 475 g/mol. The van der Waals surface area contributed by atoms with Crippen molar-refractivity contribution in [3.05, 3.63) is 64.2 Å². The summed E-state index contributed by atoms with van der Waals surface area (Å²) in [6.07, 6.45) is -2.63. The number of nitrogens with one attached hydrogen (secondary N) is 1. The summed E-state index contributed by atoms with van der Waals surface area (Å²) in [7, 11) is 3.01. The Morgan fingerprint density at radius 2 is 1.88 bits per heavy atom. The van der Waals surface area contributed by atoms with Crippen LogP contribution in [0.5, 0.6) is 11.5 Å². The highest BCUT2D eigenvalue weighted by Crippen LogP contribution is 2.36. The number of likely N-dealkylation sites (tertiary alicyclic amines) is 1. The van der Waals surface area contributed by atoms with Crippen LogP contribution in [0.25, 0.3) is 5.57 Å². The first-order chi connectivity index (χ1) is 16.2. The summed E-state index contributed by atoms with van der Waals surface area (Å²) in [5.41, 5.74) is 4.62. The maximum Gasteiger partial charge on any atom is 0.416 e. The molecule has 2 aliphatic rings. The molecule has 4 rings (SSSR count). The zero-order valence-electron chi connectivity index (χ0n) is 19.6. The molecule has 0 bridgehead atoms. The van der Waals surface area contributed by atoms with Gasteiger partial charge < -0.3 is 14.8 Å². The van der Waals surface area contributed by atoms with Gasteiger partial charge in [0.25, 0.3) is 0 Å². The van der Waals surface area contributed by atoms with Crippen molar-refractivity contribution in [3.8, 4) is 11.5 Å². The van der Waals surface area contributed by atoms with Crippen LogP contribution in [0.15, 0.2) is 42.0 Å². The van der Waals surface area contributed by atoms with E-state index in [0.717, 1.165) is 44.6 Å². The Balaban J connectivity index is 1.42. The quantitative estimate of drug-likeness (QED) is 0.633. The number of carbonyl (C=O) groups excluding carboxylic acids is 1. The zero-order chi connectivity index (χ0) is 24.5. The molecular formula is C26H29F3N2O3. The fourth-order valence-corrected chi connectivity index (χ4v) is 4.62. The first-order valence-corrected chi connectivity index (χ1v) is 11.3. The monoisotopic (exact) mass is 474 g/mol.